The minimum atomic E-state index is -0.814. The van der Waals surface area contributed by atoms with Crippen LogP contribution < -0.4 is 16.0 Å². The van der Waals surface area contributed by atoms with Crippen molar-refractivity contribution in [3.8, 4) is 0 Å². The first-order valence-corrected chi connectivity index (χ1v) is 13.5. The summed E-state index contributed by atoms with van der Waals surface area (Å²) in [5.74, 6) is 0.239. The van der Waals surface area contributed by atoms with Crippen molar-refractivity contribution in [2.24, 2.45) is 11.3 Å². The van der Waals surface area contributed by atoms with Gasteiger partial charge in [0.25, 0.3) is 0 Å². The molecule has 4 heterocycles. The monoisotopic (exact) mass is 518 g/mol. The second kappa shape index (κ2) is 9.72. The first-order chi connectivity index (χ1) is 15.8. The largest absolute Gasteiger partial charge is 0.365 e. The lowest BCUT2D eigenvalue weighted by Gasteiger charge is -2.36. The molecular weight excluding hydrogens is 487 g/mol. The standard InChI is InChI=1S/C21H32Cl2N6O3S/c22-13-2-3-15-14(8-13)21(12-29(15)20(32)26-18-24-9-16(23)33-18)4-7-28(11-21)19(31)25-10-17(30)27-5-1-6-27/h2,14-16,18,20,24,26,32H,1,3-12H2,(H,25,31)/t14?,15-,16?,18?,20?,21?/m0/s1. The molecule has 0 aromatic carbocycles. The molecule has 5 rings (SSSR count). The second-order valence-electron chi connectivity index (χ2n) is 9.74. The number of amides is 3. The van der Waals surface area contributed by atoms with Gasteiger partial charge in [0, 0.05) is 55.8 Å². The van der Waals surface area contributed by atoms with Crippen LogP contribution in [0.25, 0.3) is 0 Å². The summed E-state index contributed by atoms with van der Waals surface area (Å²) in [5.41, 5.74) is -0.235. The van der Waals surface area contributed by atoms with Gasteiger partial charge in [-0.05, 0) is 31.6 Å². The van der Waals surface area contributed by atoms with Gasteiger partial charge in [-0.25, -0.2) is 4.79 Å². The maximum Gasteiger partial charge on any atom is 0.317 e. The molecular formula is C21H32Cl2N6O3S. The summed E-state index contributed by atoms with van der Waals surface area (Å²) >= 11 is 14.2. The molecule has 0 radical (unpaired) electrons. The Bertz CT molecular complexity index is 817. The van der Waals surface area contributed by atoms with Crippen LogP contribution >= 0.6 is 35.0 Å². The number of allylic oxidation sites excluding steroid dienone is 1. The van der Waals surface area contributed by atoms with Gasteiger partial charge in [-0.15, -0.1) is 23.4 Å². The topological polar surface area (TPSA) is 100 Å². The molecule has 0 aromatic heterocycles. The zero-order chi connectivity index (χ0) is 23.2. The van der Waals surface area contributed by atoms with Gasteiger partial charge in [-0.2, -0.15) is 0 Å². The van der Waals surface area contributed by atoms with Gasteiger partial charge in [0.2, 0.25) is 5.91 Å². The summed E-state index contributed by atoms with van der Waals surface area (Å²) in [7, 11) is 0. The Kier molecular flexibility index (Phi) is 7.06. The lowest BCUT2D eigenvalue weighted by Crippen LogP contribution is -2.54. The highest BCUT2D eigenvalue weighted by Gasteiger charge is 2.57. The Balaban J connectivity index is 1.23. The van der Waals surface area contributed by atoms with Crippen LogP contribution in [0.5, 0.6) is 0 Å². The van der Waals surface area contributed by atoms with Crippen molar-refractivity contribution in [1.82, 2.24) is 30.7 Å². The molecule has 4 N–H and O–H groups in total. The number of alkyl halides is 1. The molecule has 4 saturated heterocycles. The third kappa shape index (κ3) is 4.85. The van der Waals surface area contributed by atoms with Crippen molar-refractivity contribution in [1.29, 1.82) is 0 Å². The number of carbonyl (C=O) groups is 2. The molecule has 1 spiro atoms. The highest BCUT2D eigenvalue weighted by molar-refractivity contribution is 8.01. The number of aliphatic hydroxyl groups excluding tert-OH is 1. The van der Waals surface area contributed by atoms with E-state index in [4.69, 9.17) is 23.2 Å². The van der Waals surface area contributed by atoms with Crippen molar-refractivity contribution < 1.29 is 14.7 Å². The number of hydrogen-bond acceptors (Lipinski definition) is 7. The molecule has 6 atom stereocenters. The van der Waals surface area contributed by atoms with Crippen molar-refractivity contribution in [3.05, 3.63) is 11.1 Å². The lowest BCUT2D eigenvalue weighted by atomic mass is 9.71. The Hall–Kier alpha value is -0.750. The summed E-state index contributed by atoms with van der Waals surface area (Å²) in [6.07, 6.45) is 4.68. The fraction of sp³-hybridized carbons (Fsp3) is 0.810. The molecule has 0 saturated carbocycles. The maximum atomic E-state index is 12.8. The number of urea groups is 1. The molecule has 5 unspecified atom stereocenters. The Morgan fingerprint density at radius 3 is 2.82 bits per heavy atom. The fourth-order valence-electron chi connectivity index (χ4n) is 5.91. The number of rotatable bonds is 5. The SMILES string of the molecule is O=C(CNC(=O)N1CCC2(C1)CN(C(O)NC1NCC(Cl)S1)[C@H]1CC=C(Cl)CC12)N1CCC1. The molecule has 9 nitrogen and oxygen atoms in total. The Morgan fingerprint density at radius 2 is 2.12 bits per heavy atom. The molecule has 3 amide bonds. The zero-order valence-corrected chi connectivity index (χ0v) is 20.8. The van der Waals surface area contributed by atoms with Crippen LogP contribution in [-0.2, 0) is 4.79 Å². The van der Waals surface area contributed by atoms with Gasteiger partial charge in [0.1, 0.15) is 5.50 Å². The van der Waals surface area contributed by atoms with E-state index in [0.717, 1.165) is 43.8 Å². The van der Waals surface area contributed by atoms with Crippen LogP contribution in [-0.4, -0.2) is 100 Å². The average molecular weight is 519 g/mol. The second-order valence-corrected chi connectivity index (χ2v) is 12.3. The number of thioether (sulfide) groups is 1. The number of fused-ring (bicyclic) bond motifs is 2. The molecule has 5 aliphatic rings. The number of nitrogens with zero attached hydrogens (tertiary/aromatic N) is 3. The Morgan fingerprint density at radius 1 is 1.30 bits per heavy atom. The van der Waals surface area contributed by atoms with E-state index in [0.29, 0.717) is 26.2 Å². The van der Waals surface area contributed by atoms with E-state index in [1.54, 1.807) is 16.7 Å². The molecule has 4 fully saturated rings. The number of aliphatic hydroxyl groups is 1. The minimum absolute atomic E-state index is 0.0151. The summed E-state index contributed by atoms with van der Waals surface area (Å²) in [5, 5.41) is 21.3. The van der Waals surface area contributed by atoms with Crippen molar-refractivity contribution in [3.63, 3.8) is 0 Å². The van der Waals surface area contributed by atoms with Crippen LogP contribution in [0.15, 0.2) is 11.1 Å². The molecule has 184 valence electrons. The first-order valence-electron chi connectivity index (χ1n) is 11.7. The zero-order valence-electron chi connectivity index (χ0n) is 18.5. The van der Waals surface area contributed by atoms with E-state index in [9.17, 15) is 14.7 Å². The minimum Gasteiger partial charge on any atom is -0.365 e. The molecule has 12 heteroatoms. The number of carbonyl (C=O) groups excluding carboxylic acids is 2. The van der Waals surface area contributed by atoms with Gasteiger partial charge in [0.05, 0.1) is 11.3 Å². The molecule has 33 heavy (non-hydrogen) atoms. The highest BCUT2D eigenvalue weighted by atomic mass is 35.5. The number of halogens is 2. The lowest BCUT2D eigenvalue weighted by molar-refractivity contribution is -0.133. The van der Waals surface area contributed by atoms with E-state index in [-0.39, 0.29) is 46.1 Å². The number of hydrogen-bond donors (Lipinski definition) is 4. The quantitative estimate of drug-likeness (QED) is 0.316. The summed E-state index contributed by atoms with van der Waals surface area (Å²) in [6, 6.07) is -0.0317. The van der Waals surface area contributed by atoms with E-state index >= 15 is 0 Å². The molecule has 1 aliphatic carbocycles. The van der Waals surface area contributed by atoms with Crippen LogP contribution in [0.4, 0.5) is 4.79 Å². The van der Waals surface area contributed by atoms with E-state index in [1.807, 2.05) is 4.90 Å². The smallest absolute Gasteiger partial charge is 0.317 e. The molecule has 0 bridgehead atoms. The van der Waals surface area contributed by atoms with Gasteiger partial charge >= 0.3 is 6.03 Å². The average Bonchev–Trinajstić information content (AvgIpc) is 3.44. The van der Waals surface area contributed by atoms with Gasteiger partial charge in [-0.1, -0.05) is 17.7 Å². The molecule has 4 aliphatic heterocycles. The summed E-state index contributed by atoms with van der Waals surface area (Å²) in [4.78, 5) is 30.7. The maximum absolute atomic E-state index is 12.8. The summed E-state index contributed by atoms with van der Waals surface area (Å²) < 4.78 is -0.0151. The van der Waals surface area contributed by atoms with Gasteiger partial charge in [0.15, 0.2) is 6.35 Å². The summed E-state index contributed by atoms with van der Waals surface area (Å²) in [6.45, 7) is 4.23. The number of likely N-dealkylation sites (tertiary alicyclic amines) is 3. The predicted octanol–water partition coefficient (Wildman–Crippen LogP) is 0.888. The normalized spacial score (nSPS) is 37.1. The van der Waals surface area contributed by atoms with Crippen LogP contribution in [0, 0.1) is 11.3 Å². The van der Waals surface area contributed by atoms with E-state index in [2.05, 4.69) is 26.9 Å². The van der Waals surface area contributed by atoms with Crippen LogP contribution in [0.3, 0.4) is 0 Å². The third-order valence-corrected chi connectivity index (χ3v) is 9.61. The van der Waals surface area contributed by atoms with Crippen LogP contribution in [0.2, 0.25) is 0 Å². The fourth-order valence-corrected chi connectivity index (χ4v) is 7.45. The third-order valence-electron chi connectivity index (χ3n) is 7.80. The van der Waals surface area contributed by atoms with Gasteiger partial charge < -0.3 is 20.2 Å². The van der Waals surface area contributed by atoms with Gasteiger partial charge in [-0.3, -0.25) is 20.3 Å². The Labute approximate surface area is 208 Å². The van der Waals surface area contributed by atoms with E-state index < -0.39 is 6.35 Å². The predicted molar refractivity (Wildman–Crippen MR) is 129 cm³/mol. The molecule has 0 aromatic rings. The van der Waals surface area contributed by atoms with Crippen LogP contribution in [0.1, 0.15) is 25.7 Å². The first kappa shape index (κ1) is 24.0. The van der Waals surface area contributed by atoms with Crippen molar-refractivity contribution in [2.45, 2.75) is 48.3 Å². The number of nitrogens with one attached hydrogen (secondary N) is 3. The highest BCUT2D eigenvalue weighted by Crippen LogP contribution is 2.53. The van der Waals surface area contributed by atoms with E-state index in [1.165, 1.54) is 0 Å². The van der Waals surface area contributed by atoms with Crippen molar-refractivity contribution in [2.75, 3.05) is 45.8 Å². The van der Waals surface area contributed by atoms with Crippen molar-refractivity contribution >= 4 is 46.9 Å².